The van der Waals surface area contributed by atoms with Crippen LogP contribution in [-0.4, -0.2) is 24.1 Å². The molecule has 0 aliphatic rings. The van der Waals surface area contributed by atoms with Gasteiger partial charge in [-0.2, -0.15) is 0 Å². The van der Waals surface area contributed by atoms with Crippen molar-refractivity contribution in [3.63, 3.8) is 0 Å². The van der Waals surface area contributed by atoms with Gasteiger partial charge in [0.25, 0.3) is 0 Å². The second-order valence-corrected chi connectivity index (χ2v) is 8.43. The summed E-state index contributed by atoms with van der Waals surface area (Å²) in [5.74, 6) is 1.77. The molecule has 0 radical (unpaired) electrons. The van der Waals surface area contributed by atoms with E-state index in [1.165, 1.54) is 43.4 Å². The smallest absolute Gasteiger partial charge is 0.119 e. The van der Waals surface area contributed by atoms with Crippen molar-refractivity contribution in [2.24, 2.45) is 0 Å². The number of halogens is 1. The van der Waals surface area contributed by atoms with Crippen LogP contribution in [0.4, 0.5) is 0 Å². The Kier molecular flexibility index (Phi) is 5.03. The number of fused-ring (bicyclic) bond motifs is 7. The molecule has 0 atom stereocenters. The third-order valence-electron chi connectivity index (χ3n) is 6.01. The Bertz CT molecular complexity index is 1290. The van der Waals surface area contributed by atoms with Crippen molar-refractivity contribution >= 4 is 59.3 Å². The molecule has 4 heteroatoms. The number of aromatic nitrogens is 1. The summed E-state index contributed by atoms with van der Waals surface area (Å²) in [6, 6.07) is 21.7. The molecule has 0 spiro atoms. The van der Waals surface area contributed by atoms with Crippen molar-refractivity contribution in [2.45, 2.75) is 19.4 Å². The minimum absolute atomic E-state index is 0.887. The van der Waals surface area contributed by atoms with Gasteiger partial charge in [0.05, 0.1) is 14.2 Å². The molecule has 3 nitrogen and oxygen atoms in total. The van der Waals surface area contributed by atoms with E-state index in [1.54, 1.807) is 14.2 Å². The summed E-state index contributed by atoms with van der Waals surface area (Å²) < 4.78 is 13.4. The standard InChI is InChI=1S/C26H24BrNO2/c1-29-19-7-9-21-17(15-19)5-11-23-25(21)26-22-10-8-20(30-2)16-18(22)6-12-24(26)28(23)14-4-3-13-27/h5-12,15-16H,3-4,13-14H2,1-2H3. The molecule has 0 unspecified atom stereocenters. The van der Waals surface area contributed by atoms with Gasteiger partial charge in [0, 0.05) is 33.7 Å². The molecule has 152 valence electrons. The summed E-state index contributed by atoms with van der Waals surface area (Å²) in [7, 11) is 3.44. The van der Waals surface area contributed by atoms with Gasteiger partial charge in [-0.05, 0) is 82.9 Å². The van der Waals surface area contributed by atoms with Crippen molar-refractivity contribution < 1.29 is 9.47 Å². The molecule has 4 aromatic carbocycles. The van der Waals surface area contributed by atoms with Gasteiger partial charge in [-0.1, -0.05) is 28.1 Å². The number of alkyl halides is 1. The zero-order chi connectivity index (χ0) is 20.7. The number of benzene rings is 4. The molecule has 0 amide bonds. The number of methoxy groups -OCH3 is 2. The second kappa shape index (κ2) is 7.84. The Morgan fingerprint density at radius 2 is 1.23 bits per heavy atom. The maximum absolute atomic E-state index is 5.46. The van der Waals surface area contributed by atoms with Crippen LogP contribution in [-0.2, 0) is 6.54 Å². The predicted octanol–water partition coefficient (Wildman–Crippen LogP) is 7.29. The summed E-state index contributed by atoms with van der Waals surface area (Å²) in [6.45, 7) is 1.01. The Morgan fingerprint density at radius 1 is 0.700 bits per heavy atom. The molecule has 1 heterocycles. The molecular formula is C26H24BrNO2. The van der Waals surface area contributed by atoms with E-state index in [-0.39, 0.29) is 0 Å². The van der Waals surface area contributed by atoms with Crippen LogP contribution >= 0.6 is 15.9 Å². The van der Waals surface area contributed by atoms with E-state index in [0.717, 1.165) is 36.2 Å². The van der Waals surface area contributed by atoms with Gasteiger partial charge in [-0.3, -0.25) is 0 Å². The molecule has 0 bridgehead atoms. The molecule has 0 saturated carbocycles. The normalized spacial score (nSPS) is 11.7. The van der Waals surface area contributed by atoms with Gasteiger partial charge in [-0.15, -0.1) is 0 Å². The SMILES string of the molecule is COc1ccc2c(ccc3c2c2c4ccc(OC)cc4ccc2n3CCCCBr)c1. The van der Waals surface area contributed by atoms with Crippen LogP contribution < -0.4 is 9.47 Å². The van der Waals surface area contributed by atoms with E-state index in [4.69, 9.17) is 9.47 Å². The van der Waals surface area contributed by atoms with Gasteiger partial charge in [0.15, 0.2) is 0 Å². The van der Waals surface area contributed by atoms with E-state index < -0.39 is 0 Å². The molecular weight excluding hydrogens is 438 g/mol. The van der Waals surface area contributed by atoms with Crippen molar-refractivity contribution in [1.82, 2.24) is 4.57 Å². The molecule has 30 heavy (non-hydrogen) atoms. The Balaban J connectivity index is 1.91. The van der Waals surface area contributed by atoms with Crippen molar-refractivity contribution in [3.05, 3.63) is 60.7 Å². The van der Waals surface area contributed by atoms with Crippen LogP contribution in [0.25, 0.3) is 43.4 Å². The van der Waals surface area contributed by atoms with E-state index in [1.807, 2.05) is 0 Å². The van der Waals surface area contributed by atoms with E-state index in [9.17, 15) is 0 Å². The summed E-state index contributed by atoms with van der Waals surface area (Å²) in [5, 5.41) is 8.61. The van der Waals surface area contributed by atoms with E-state index in [2.05, 4.69) is 81.2 Å². The molecule has 0 aliphatic heterocycles. The maximum Gasteiger partial charge on any atom is 0.119 e. The van der Waals surface area contributed by atoms with Crippen LogP contribution in [0.1, 0.15) is 12.8 Å². The van der Waals surface area contributed by atoms with Crippen molar-refractivity contribution in [1.29, 1.82) is 0 Å². The molecule has 0 fully saturated rings. The molecule has 1 aromatic heterocycles. The molecule has 0 N–H and O–H groups in total. The molecule has 0 saturated heterocycles. The highest BCUT2D eigenvalue weighted by Gasteiger charge is 2.16. The van der Waals surface area contributed by atoms with E-state index in [0.29, 0.717) is 0 Å². The lowest BCUT2D eigenvalue weighted by molar-refractivity contribution is 0.415. The number of rotatable bonds is 6. The third-order valence-corrected chi connectivity index (χ3v) is 6.57. The predicted molar refractivity (Wildman–Crippen MR) is 131 cm³/mol. The zero-order valence-electron chi connectivity index (χ0n) is 17.2. The molecule has 5 aromatic rings. The summed E-state index contributed by atoms with van der Waals surface area (Å²) >= 11 is 3.57. The first-order valence-corrected chi connectivity index (χ1v) is 11.4. The number of ether oxygens (including phenoxy) is 2. The Morgan fingerprint density at radius 3 is 1.70 bits per heavy atom. The lowest BCUT2D eigenvalue weighted by Crippen LogP contribution is -1.98. The number of hydrogen-bond donors (Lipinski definition) is 0. The highest BCUT2D eigenvalue weighted by molar-refractivity contribution is 9.09. The Hall–Kier alpha value is -2.72. The van der Waals surface area contributed by atoms with Gasteiger partial charge in [-0.25, -0.2) is 0 Å². The minimum Gasteiger partial charge on any atom is -0.497 e. The van der Waals surface area contributed by atoms with Gasteiger partial charge in [0.2, 0.25) is 0 Å². The van der Waals surface area contributed by atoms with Crippen molar-refractivity contribution in [2.75, 3.05) is 19.5 Å². The minimum atomic E-state index is 0.887. The maximum atomic E-state index is 5.46. The van der Waals surface area contributed by atoms with Gasteiger partial charge < -0.3 is 14.0 Å². The largest absolute Gasteiger partial charge is 0.497 e. The highest BCUT2D eigenvalue weighted by Crippen LogP contribution is 2.40. The lowest BCUT2D eigenvalue weighted by atomic mass is 9.99. The first-order chi connectivity index (χ1) is 14.7. The fraction of sp³-hybridized carbons (Fsp3) is 0.231. The average molecular weight is 462 g/mol. The van der Waals surface area contributed by atoms with Crippen LogP contribution in [0.2, 0.25) is 0 Å². The average Bonchev–Trinajstić information content (AvgIpc) is 3.12. The van der Waals surface area contributed by atoms with Crippen LogP contribution in [0.3, 0.4) is 0 Å². The number of aryl methyl sites for hydroxylation is 1. The van der Waals surface area contributed by atoms with Gasteiger partial charge >= 0.3 is 0 Å². The zero-order valence-corrected chi connectivity index (χ0v) is 18.8. The fourth-order valence-corrected chi connectivity index (χ4v) is 4.95. The topological polar surface area (TPSA) is 23.4 Å². The van der Waals surface area contributed by atoms with Crippen molar-refractivity contribution in [3.8, 4) is 11.5 Å². The number of nitrogens with zero attached hydrogens (tertiary/aromatic N) is 1. The number of unbranched alkanes of at least 4 members (excludes halogenated alkanes) is 1. The highest BCUT2D eigenvalue weighted by atomic mass is 79.9. The lowest BCUT2D eigenvalue weighted by Gasteiger charge is -2.08. The fourth-order valence-electron chi connectivity index (χ4n) is 4.56. The third kappa shape index (κ3) is 3.02. The molecule has 0 aliphatic carbocycles. The first-order valence-electron chi connectivity index (χ1n) is 10.3. The first kappa shape index (κ1) is 19.3. The summed E-state index contributed by atoms with van der Waals surface area (Å²) in [5.41, 5.74) is 2.58. The summed E-state index contributed by atoms with van der Waals surface area (Å²) in [4.78, 5) is 0. The van der Waals surface area contributed by atoms with Gasteiger partial charge in [0.1, 0.15) is 11.5 Å². The number of hydrogen-bond acceptors (Lipinski definition) is 2. The molecule has 5 rings (SSSR count). The van der Waals surface area contributed by atoms with E-state index >= 15 is 0 Å². The van der Waals surface area contributed by atoms with Crippen LogP contribution in [0.15, 0.2) is 60.7 Å². The second-order valence-electron chi connectivity index (χ2n) is 7.64. The van der Waals surface area contributed by atoms with Crippen LogP contribution in [0, 0.1) is 0 Å². The monoisotopic (exact) mass is 461 g/mol. The summed E-state index contributed by atoms with van der Waals surface area (Å²) in [6.07, 6.45) is 2.31. The Labute approximate surface area is 184 Å². The van der Waals surface area contributed by atoms with Crippen LogP contribution in [0.5, 0.6) is 11.5 Å². The quantitative estimate of drug-likeness (QED) is 0.195.